The van der Waals surface area contributed by atoms with Gasteiger partial charge in [0.25, 0.3) is 0 Å². The first-order chi connectivity index (χ1) is 33.9. The van der Waals surface area contributed by atoms with E-state index in [1.54, 1.807) is 6.07 Å². The van der Waals surface area contributed by atoms with Crippen molar-refractivity contribution in [1.29, 1.82) is 0 Å². The second kappa shape index (κ2) is 23.4. The zero-order chi connectivity index (χ0) is 48.9. The highest BCUT2D eigenvalue weighted by Gasteiger charge is 2.40. The normalized spacial score (nSPS) is 14.0. The molecule has 10 nitrogen and oxygen atoms in total. The van der Waals surface area contributed by atoms with Gasteiger partial charge < -0.3 is 34.4 Å². The number of carbonyl (C=O) groups excluding carboxylic acids is 1. The number of aromatic nitrogens is 1. The van der Waals surface area contributed by atoms with Crippen LogP contribution in [0, 0.1) is 0 Å². The van der Waals surface area contributed by atoms with Crippen LogP contribution in [-0.2, 0) is 28.6 Å². The van der Waals surface area contributed by atoms with Gasteiger partial charge in [-0.3, -0.25) is 10.1 Å². The maximum atomic E-state index is 12.9. The summed E-state index contributed by atoms with van der Waals surface area (Å²) in [6.07, 6.45) is 3.94. The van der Waals surface area contributed by atoms with Gasteiger partial charge in [0.15, 0.2) is 8.32 Å². The van der Waals surface area contributed by atoms with Crippen LogP contribution in [0.4, 0.5) is 21.9 Å². The van der Waals surface area contributed by atoms with Crippen LogP contribution >= 0.6 is 0 Å². The van der Waals surface area contributed by atoms with Crippen LogP contribution in [0.3, 0.4) is 0 Å². The Labute approximate surface area is 414 Å². The largest absolute Gasteiger partial charge is 0.487 e. The summed E-state index contributed by atoms with van der Waals surface area (Å²) >= 11 is 0. The number of rotatable bonds is 20. The summed E-state index contributed by atoms with van der Waals surface area (Å²) in [7, 11) is -2.19. The lowest BCUT2D eigenvalue weighted by molar-refractivity contribution is 0.0587. The number of aryl methyl sites for hydroxylation is 1. The number of hydrogen-bond acceptors (Lipinski definition) is 8. The lowest BCUT2D eigenvalue weighted by atomic mass is 10.0. The van der Waals surface area contributed by atoms with Gasteiger partial charge in [-0.25, -0.2) is 4.79 Å². The molecule has 70 heavy (non-hydrogen) atoms. The third kappa shape index (κ3) is 13.6. The third-order valence-electron chi connectivity index (χ3n) is 13.8. The van der Waals surface area contributed by atoms with Crippen LogP contribution in [0.1, 0.15) is 68.4 Å². The Balaban J connectivity index is 0.773. The highest BCUT2D eigenvalue weighted by Crippen LogP contribution is 2.41. The predicted molar refractivity (Wildman–Crippen MR) is 289 cm³/mol. The van der Waals surface area contributed by atoms with Crippen LogP contribution in [0.5, 0.6) is 5.75 Å². The molecule has 1 aliphatic rings. The molecule has 2 heterocycles. The van der Waals surface area contributed by atoms with E-state index >= 15 is 0 Å². The molecule has 6 aromatic carbocycles. The maximum Gasteiger partial charge on any atom is 0.411 e. The summed E-state index contributed by atoms with van der Waals surface area (Å²) in [6.45, 7) is 16.1. The second-order valence-corrected chi connectivity index (χ2v) is 24.7. The molecular formula is C59H69N5O5Si. The molecule has 1 atom stereocenters. The molecule has 1 aliphatic heterocycles. The first kappa shape index (κ1) is 49.9. The summed E-state index contributed by atoms with van der Waals surface area (Å²) in [5.74, 6) is 0.642. The van der Waals surface area contributed by atoms with E-state index in [4.69, 9.17) is 13.9 Å². The second-order valence-electron chi connectivity index (χ2n) is 20.0. The predicted octanol–water partition coefficient (Wildman–Crippen LogP) is 13.1. The third-order valence-corrected chi connectivity index (χ3v) is 18.3. The van der Waals surface area contributed by atoms with Gasteiger partial charge in [0, 0.05) is 48.0 Å². The summed E-state index contributed by atoms with van der Waals surface area (Å²) in [5, 5.41) is 11.2. The van der Waals surface area contributed by atoms with Crippen molar-refractivity contribution in [3.05, 3.63) is 190 Å². The minimum Gasteiger partial charge on any atom is -0.487 e. The summed E-state index contributed by atoms with van der Waals surface area (Å²) < 4.78 is 19.3. The number of carbonyl (C=O) groups is 1. The standard InChI is InChI=1S/C59H69N5O5Si/c1-59(2,3)70(4,5)69-55(51-30-32-54(57-52(51)31-33-56(65)63-57)67-42-45-15-8-6-9-16-45)41-60-37-34-44-24-28-48(29-25-44)61-47-26-22-43(23-27-47)17-14-38-64-39-35-49(36-40-64)68-58(66)62-53-21-13-12-20-50(53)46-18-10-7-11-19-46/h6-13,15-16,18-33,49,55,60-61H,14,17,34-42H2,1-5H3,(H,62,66)(H,63,65)/t55-/m0/s1. The van der Waals surface area contributed by atoms with Crippen LogP contribution in [0.15, 0.2) is 163 Å². The van der Waals surface area contributed by atoms with Crippen LogP contribution in [0.25, 0.3) is 22.0 Å². The average Bonchev–Trinajstić information content (AvgIpc) is 3.36. The number of anilines is 3. The number of likely N-dealkylation sites (tertiary alicyclic amines) is 1. The van der Waals surface area contributed by atoms with Gasteiger partial charge in [0.05, 0.1) is 17.3 Å². The Morgan fingerprint density at radius 3 is 2.07 bits per heavy atom. The van der Waals surface area contributed by atoms with Gasteiger partial charge in [-0.2, -0.15) is 0 Å². The summed E-state index contributed by atoms with van der Waals surface area (Å²) in [5.41, 5.74) is 10.1. The molecule has 8 rings (SSSR count). The van der Waals surface area contributed by atoms with Gasteiger partial charge in [-0.15, -0.1) is 0 Å². The quantitative estimate of drug-likeness (QED) is 0.0441. The number of ether oxygens (including phenoxy) is 2. The van der Waals surface area contributed by atoms with E-state index < -0.39 is 14.4 Å². The molecule has 0 unspecified atom stereocenters. The molecular weight excluding hydrogens is 887 g/mol. The number of para-hydroxylation sites is 1. The number of nitrogens with one attached hydrogen (secondary N) is 4. The number of pyridine rings is 1. The lowest BCUT2D eigenvalue weighted by Gasteiger charge is -2.39. The number of amides is 1. The number of piperidine rings is 1. The van der Waals surface area contributed by atoms with Crippen molar-refractivity contribution in [3.8, 4) is 16.9 Å². The number of fused-ring (bicyclic) bond motifs is 1. The van der Waals surface area contributed by atoms with Crippen LogP contribution in [-0.4, -0.2) is 63.1 Å². The topological polar surface area (TPSA) is 117 Å². The maximum absolute atomic E-state index is 12.9. The fourth-order valence-corrected chi connectivity index (χ4v) is 10.1. The van der Waals surface area contributed by atoms with Gasteiger partial charge in [-0.05, 0) is 134 Å². The fraction of sp³-hybridized carbons (Fsp3) is 0.322. The zero-order valence-electron chi connectivity index (χ0n) is 41.4. The molecule has 1 amide bonds. The number of aromatic amines is 1. The average molecular weight is 956 g/mol. The van der Waals surface area contributed by atoms with Crippen molar-refractivity contribution < 1.29 is 18.7 Å². The Morgan fingerprint density at radius 2 is 1.39 bits per heavy atom. The molecule has 11 heteroatoms. The smallest absolute Gasteiger partial charge is 0.411 e. The summed E-state index contributed by atoms with van der Waals surface area (Å²) in [6, 6.07) is 52.9. The van der Waals surface area contributed by atoms with E-state index in [1.165, 1.54) is 11.1 Å². The lowest BCUT2D eigenvalue weighted by Crippen LogP contribution is -2.43. The van der Waals surface area contributed by atoms with Crippen molar-refractivity contribution >= 4 is 42.4 Å². The highest BCUT2D eigenvalue weighted by atomic mass is 28.4. The monoisotopic (exact) mass is 956 g/mol. The van der Waals surface area contributed by atoms with E-state index in [0.29, 0.717) is 24.4 Å². The fourth-order valence-electron chi connectivity index (χ4n) is 8.78. The number of H-pyrrole nitrogens is 1. The molecule has 0 spiro atoms. The Morgan fingerprint density at radius 1 is 0.743 bits per heavy atom. The van der Waals surface area contributed by atoms with Crippen molar-refractivity contribution in [2.24, 2.45) is 0 Å². The van der Waals surface area contributed by atoms with Crippen molar-refractivity contribution in [3.63, 3.8) is 0 Å². The molecule has 0 saturated carbocycles. The van der Waals surface area contributed by atoms with Gasteiger partial charge in [-0.1, -0.05) is 130 Å². The molecule has 0 radical (unpaired) electrons. The summed E-state index contributed by atoms with van der Waals surface area (Å²) in [4.78, 5) is 31.0. The van der Waals surface area contributed by atoms with E-state index in [9.17, 15) is 9.59 Å². The molecule has 364 valence electrons. The minimum absolute atomic E-state index is 0.0182. The van der Waals surface area contributed by atoms with Gasteiger partial charge in [0.2, 0.25) is 5.56 Å². The Kier molecular flexibility index (Phi) is 16.7. The molecule has 1 saturated heterocycles. The van der Waals surface area contributed by atoms with Crippen molar-refractivity contribution in [2.75, 3.05) is 43.4 Å². The molecule has 1 fully saturated rings. The molecule has 1 aromatic heterocycles. The highest BCUT2D eigenvalue weighted by molar-refractivity contribution is 6.74. The van der Waals surface area contributed by atoms with E-state index in [-0.39, 0.29) is 22.8 Å². The first-order valence-corrected chi connectivity index (χ1v) is 27.8. The van der Waals surface area contributed by atoms with Crippen LogP contribution < -0.4 is 26.2 Å². The Bertz CT molecular complexity index is 2820. The zero-order valence-corrected chi connectivity index (χ0v) is 42.4. The Hall–Kier alpha value is -6.50. The van der Waals surface area contributed by atoms with Gasteiger partial charge in [0.1, 0.15) is 18.5 Å². The van der Waals surface area contributed by atoms with Crippen molar-refractivity contribution in [1.82, 2.24) is 15.2 Å². The molecule has 7 aromatic rings. The molecule has 4 N–H and O–H groups in total. The molecule has 0 aliphatic carbocycles. The van der Waals surface area contributed by atoms with Gasteiger partial charge >= 0.3 is 6.09 Å². The van der Waals surface area contributed by atoms with Crippen LogP contribution in [0.2, 0.25) is 18.1 Å². The van der Waals surface area contributed by atoms with E-state index in [2.05, 4.69) is 114 Å². The number of hydrogen-bond donors (Lipinski definition) is 4. The minimum atomic E-state index is -2.19. The number of nitrogens with zero attached hydrogens (tertiary/aromatic N) is 1. The van der Waals surface area contributed by atoms with E-state index in [0.717, 1.165) is 103 Å². The SMILES string of the molecule is CC(C)(C)[Si](C)(C)O[C@@H](CNCCc1ccc(Nc2ccc(CCCN3CCC(OC(=O)Nc4ccccc4-c4ccccc4)CC3)cc2)cc1)c1ccc(OCc2ccccc2)c2[nH]c(=O)ccc12. The van der Waals surface area contributed by atoms with E-state index in [1.807, 2.05) is 97.1 Å². The number of benzene rings is 6. The van der Waals surface area contributed by atoms with Crippen molar-refractivity contribution in [2.45, 2.75) is 89.8 Å². The first-order valence-electron chi connectivity index (χ1n) is 24.9. The molecule has 0 bridgehead atoms.